The molecule has 12 heteroatoms. The zero-order chi connectivity index (χ0) is 50.6. The number of carboxylic acids is 1. The zero-order valence-electron chi connectivity index (χ0n) is 45.2. The van der Waals surface area contributed by atoms with Crippen molar-refractivity contribution in [2.45, 2.75) is 328 Å². The molecule has 0 saturated heterocycles. The molecule has 0 aliphatic carbocycles. The van der Waals surface area contributed by atoms with Crippen molar-refractivity contribution in [2.24, 2.45) is 0 Å². The summed E-state index contributed by atoms with van der Waals surface area (Å²) in [6.45, 7) is 2.68. The third kappa shape index (κ3) is 52.6. The SMILES string of the molecule is CCCCCCCCCCCCCCCCCCCCCCCCCC(=O)NC(COP(=O)(O)OCC(O)COC(=O)CCCCCCCCCCCCCCCCCCCCCCCC)C(=O)O. The second kappa shape index (κ2) is 52.8. The van der Waals surface area contributed by atoms with E-state index in [1.54, 1.807) is 0 Å². The number of carboxylic acid groups (broad SMARTS) is 1. The summed E-state index contributed by atoms with van der Waals surface area (Å²) < 4.78 is 27.1. The van der Waals surface area contributed by atoms with Crippen molar-refractivity contribution in [3.8, 4) is 0 Å². The lowest BCUT2D eigenvalue weighted by Gasteiger charge is -2.18. The number of hydrogen-bond acceptors (Lipinski definition) is 8. The number of carbonyl (C=O) groups is 3. The molecule has 0 radical (unpaired) electrons. The quantitative estimate of drug-likeness (QED) is 0.0261. The van der Waals surface area contributed by atoms with Crippen LogP contribution in [-0.2, 0) is 32.7 Å². The summed E-state index contributed by atoms with van der Waals surface area (Å²) >= 11 is 0. The Labute approximate surface area is 424 Å². The lowest BCUT2D eigenvalue weighted by atomic mass is 10.0. The molecule has 0 heterocycles. The van der Waals surface area contributed by atoms with Gasteiger partial charge in [0.1, 0.15) is 12.7 Å². The highest BCUT2D eigenvalue weighted by atomic mass is 31.2. The molecular weight excluding hydrogens is 890 g/mol. The highest BCUT2D eigenvalue weighted by molar-refractivity contribution is 7.47. The summed E-state index contributed by atoms with van der Waals surface area (Å²) in [4.78, 5) is 46.3. The van der Waals surface area contributed by atoms with Crippen molar-refractivity contribution >= 4 is 25.7 Å². The highest BCUT2D eigenvalue weighted by Gasteiger charge is 2.28. The molecule has 0 rings (SSSR count). The molecule has 0 bridgehead atoms. The Balaban J connectivity index is 3.71. The van der Waals surface area contributed by atoms with Crippen molar-refractivity contribution in [3.63, 3.8) is 0 Å². The molecule has 3 atom stereocenters. The second-order valence-electron chi connectivity index (χ2n) is 20.6. The maximum absolute atomic E-state index is 12.4. The number of unbranched alkanes of at least 4 members (excludes halogenated alkanes) is 43. The van der Waals surface area contributed by atoms with Gasteiger partial charge in [0.25, 0.3) is 0 Å². The van der Waals surface area contributed by atoms with E-state index >= 15 is 0 Å². The van der Waals surface area contributed by atoms with E-state index in [9.17, 15) is 34.1 Å². The predicted molar refractivity (Wildman–Crippen MR) is 287 cm³/mol. The highest BCUT2D eigenvalue weighted by Crippen LogP contribution is 2.43. The van der Waals surface area contributed by atoms with E-state index in [0.717, 1.165) is 38.5 Å². The molecule has 0 aliphatic heterocycles. The molecule has 4 N–H and O–H groups in total. The van der Waals surface area contributed by atoms with Gasteiger partial charge in [-0.1, -0.05) is 290 Å². The summed E-state index contributed by atoms with van der Waals surface area (Å²) in [5.74, 6) is -2.34. The second-order valence-corrected chi connectivity index (χ2v) is 22.0. The van der Waals surface area contributed by atoms with Crippen LogP contribution < -0.4 is 5.32 Å². The van der Waals surface area contributed by atoms with Crippen LogP contribution in [0, 0.1) is 0 Å². The van der Waals surface area contributed by atoms with Crippen LogP contribution in [0.5, 0.6) is 0 Å². The number of phosphoric ester groups is 1. The van der Waals surface area contributed by atoms with E-state index in [0.29, 0.717) is 12.8 Å². The number of aliphatic hydroxyl groups excluding tert-OH is 1. The third-order valence-corrected chi connectivity index (χ3v) is 14.6. The van der Waals surface area contributed by atoms with Crippen molar-refractivity contribution in [3.05, 3.63) is 0 Å². The van der Waals surface area contributed by atoms with E-state index in [2.05, 4.69) is 19.2 Å². The van der Waals surface area contributed by atoms with E-state index in [1.807, 2.05) is 0 Å². The maximum Gasteiger partial charge on any atom is 0.472 e. The molecule has 0 aliphatic rings. The van der Waals surface area contributed by atoms with Gasteiger partial charge in [-0.2, -0.15) is 0 Å². The van der Waals surface area contributed by atoms with Gasteiger partial charge in [-0.3, -0.25) is 18.6 Å². The molecule has 0 fully saturated rings. The average molecular weight is 1000 g/mol. The van der Waals surface area contributed by atoms with Gasteiger partial charge >= 0.3 is 19.8 Å². The van der Waals surface area contributed by atoms with E-state index < -0.39 is 57.6 Å². The fraction of sp³-hybridized carbons (Fsp3) is 0.947. The van der Waals surface area contributed by atoms with E-state index in [-0.39, 0.29) is 12.8 Å². The topological polar surface area (TPSA) is 169 Å². The van der Waals surface area contributed by atoms with Crippen LogP contribution in [0.2, 0.25) is 0 Å². The van der Waals surface area contributed by atoms with Gasteiger partial charge < -0.3 is 25.2 Å². The number of phosphoric acid groups is 1. The predicted octanol–water partition coefficient (Wildman–Crippen LogP) is 17.0. The Morgan fingerprint density at radius 2 is 0.667 bits per heavy atom. The van der Waals surface area contributed by atoms with Gasteiger partial charge in [0.2, 0.25) is 5.91 Å². The van der Waals surface area contributed by atoms with E-state index in [1.165, 1.54) is 238 Å². The van der Waals surface area contributed by atoms with Crippen LogP contribution in [-0.4, -0.2) is 64.9 Å². The maximum atomic E-state index is 12.4. The van der Waals surface area contributed by atoms with Crippen LogP contribution in [0.25, 0.3) is 0 Å². The van der Waals surface area contributed by atoms with Gasteiger partial charge in [0.15, 0.2) is 6.04 Å². The summed E-state index contributed by atoms with van der Waals surface area (Å²) in [6.07, 6.45) is 57.1. The molecule has 1 amide bonds. The first-order valence-electron chi connectivity index (χ1n) is 29.6. The fourth-order valence-electron chi connectivity index (χ4n) is 9.09. The van der Waals surface area contributed by atoms with Crippen LogP contribution in [0.1, 0.15) is 316 Å². The van der Waals surface area contributed by atoms with Crippen LogP contribution in [0.15, 0.2) is 0 Å². The fourth-order valence-corrected chi connectivity index (χ4v) is 9.86. The standard InChI is InChI=1S/C57H112NO10P/c1-3-5-7-9-11-13-15-17-19-21-23-25-27-28-30-32-34-36-38-40-42-44-46-48-55(60)58-54(57(62)63)52-68-69(64,65)67-51-53(59)50-66-56(61)49-47-45-43-41-39-37-35-33-31-29-26-24-22-20-18-16-14-12-10-8-6-4-2/h53-54,59H,3-52H2,1-2H3,(H,58,60)(H,62,63)(H,64,65). The largest absolute Gasteiger partial charge is 0.480 e. The number of hydrogen-bond donors (Lipinski definition) is 4. The Kier molecular flexibility index (Phi) is 51.6. The number of amides is 1. The molecule has 0 aromatic carbocycles. The Morgan fingerprint density at radius 3 is 0.957 bits per heavy atom. The number of ether oxygens (including phenoxy) is 1. The first-order valence-corrected chi connectivity index (χ1v) is 31.1. The minimum Gasteiger partial charge on any atom is -0.480 e. The zero-order valence-corrected chi connectivity index (χ0v) is 46.1. The van der Waals surface area contributed by atoms with E-state index in [4.69, 9.17) is 13.8 Å². The summed E-state index contributed by atoms with van der Waals surface area (Å²) in [5, 5.41) is 22.0. The van der Waals surface area contributed by atoms with Crippen LogP contribution in [0.4, 0.5) is 0 Å². The molecule has 0 aromatic rings. The minimum atomic E-state index is -4.76. The first kappa shape index (κ1) is 67.5. The van der Waals surface area contributed by atoms with Gasteiger partial charge in [-0.05, 0) is 12.8 Å². The van der Waals surface area contributed by atoms with Gasteiger partial charge in [0, 0.05) is 12.8 Å². The smallest absolute Gasteiger partial charge is 0.472 e. The van der Waals surface area contributed by atoms with Crippen molar-refractivity contribution < 1.29 is 47.8 Å². The lowest BCUT2D eigenvalue weighted by Crippen LogP contribution is -2.43. The number of aliphatic hydroxyl groups is 1. The molecule has 11 nitrogen and oxygen atoms in total. The van der Waals surface area contributed by atoms with Gasteiger partial charge in [0.05, 0.1) is 13.2 Å². The Bertz CT molecular complexity index is 1170. The van der Waals surface area contributed by atoms with Crippen LogP contribution in [0.3, 0.4) is 0 Å². The molecule has 410 valence electrons. The van der Waals surface area contributed by atoms with Crippen molar-refractivity contribution in [1.29, 1.82) is 0 Å². The summed E-state index contributed by atoms with van der Waals surface area (Å²) in [5.41, 5.74) is 0. The lowest BCUT2D eigenvalue weighted by molar-refractivity contribution is -0.147. The number of carbonyl (C=O) groups excluding carboxylic acids is 2. The molecule has 69 heavy (non-hydrogen) atoms. The number of rotatable bonds is 57. The summed E-state index contributed by atoms with van der Waals surface area (Å²) in [7, 11) is -4.76. The average Bonchev–Trinajstić information content (AvgIpc) is 3.33. The third-order valence-electron chi connectivity index (χ3n) is 13.6. The number of nitrogens with one attached hydrogen (secondary N) is 1. The molecular formula is C57H112NO10P. The summed E-state index contributed by atoms with van der Waals surface area (Å²) in [6, 6.07) is -1.54. The first-order chi connectivity index (χ1) is 33.6. The molecule has 0 saturated carbocycles. The Morgan fingerprint density at radius 1 is 0.406 bits per heavy atom. The minimum absolute atomic E-state index is 0.154. The number of esters is 1. The van der Waals surface area contributed by atoms with Crippen LogP contribution >= 0.6 is 7.82 Å². The molecule has 0 aromatic heterocycles. The van der Waals surface area contributed by atoms with Gasteiger partial charge in [-0.25, -0.2) is 9.36 Å². The molecule has 3 unspecified atom stereocenters. The Hall–Kier alpha value is -1.52. The van der Waals surface area contributed by atoms with Crippen molar-refractivity contribution in [2.75, 3.05) is 19.8 Å². The van der Waals surface area contributed by atoms with Gasteiger partial charge in [-0.15, -0.1) is 0 Å². The normalized spacial score (nSPS) is 13.3. The monoisotopic (exact) mass is 1000 g/mol. The molecule has 0 spiro atoms. The number of aliphatic carboxylic acids is 1. The van der Waals surface area contributed by atoms with Crippen molar-refractivity contribution in [1.82, 2.24) is 5.32 Å².